The van der Waals surface area contributed by atoms with Crippen molar-refractivity contribution in [2.24, 2.45) is 5.73 Å². The molecule has 2 N–H and O–H groups in total. The minimum absolute atomic E-state index is 0.335. The molecule has 1 rings (SSSR count). The molecule has 0 saturated carbocycles. The lowest BCUT2D eigenvalue weighted by molar-refractivity contribution is 0.356. The van der Waals surface area contributed by atoms with Gasteiger partial charge in [-0.3, -0.25) is 0 Å². The van der Waals surface area contributed by atoms with Gasteiger partial charge in [0.1, 0.15) is 0 Å². The highest BCUT2D eigenvalue weighted by molar-refractivity contribution is 7.89. The predicted molar refractivity (Wildman–Crippen MR) is 81.9 cm³/mol. The van der Waals surface area contributed by atoms with E-state index in [-0.39, 0.29) is 0 Å². The van der Waals surface area contributed by atoms with E-state index in [1.54, 1.807) is 24.3 Å². The van der Waals surface area contributed by atoms with Gasteiger partial charge in [0.15, 0.2) is 0 Å². The first-order valence-corrected chi connectivity index (χ1v) is 8.29. The first kappa shape index (κ1) is 17.1. The SMILES string of the molecule is CCN(CCCN(C)C)S(=O)(=O)c1ccc(CN)cc1. The summed E-state index contributed by atoms with van der Waals surface area (Å²) in [5.41, 5.74) is 6.45. The third-order valence-corrected chi connectivity index (χ3v) is 5.15. The summed E-state index contributed by atoms with van der Waals surface area (Å²) >= 11 is 0. The molecule has 5 nitrogen and oxygen atoms in total. The Morgan fingerprint density at radius 1 is 1.10 bits per heavy atom. The van der Waals surface area contributed by atoms with Crippen molar-refractivity contribution in [3.05, 3.63) is 29.8 Å². The van der Waals surface area contributed by atoms with Gasteiger partial charge in [-0.15, -0.1) is 0 Å². The van der Waals surface area contributed by atoms with E-state index in [0.717, 1.165) is 18.5 Å². The number of hydrogen-bond acceptors (Lipinski definition) is 4. The van der Waals surface area contributed by atoms with Crippen molar-refractivity contribution in [2.75, 3.05) is 33.7 Å². The van der Waals surface area contributed by atoms with E-state index in [4.69, 9.17) is 5.73 Å². The Morgan fingerprint density at radius 2 is 1.70 bits per heavy atom. The number of rotatable bonds is 8. The first-order chi connectivity index (χ1) is 9.41. The summed E-state index contributed by atoms with van der Waals surface area (Å²) in [6, 6.07) is 6.79. The van der Waals surface area contributed by atoms with E-state index < -0.39 is 10.0 Å². The van der Waals surface area contributed by atoms with Crippen LogP contribution < -0.4 is 5.73 Å². The van der Waals surface area contributed by atoms with E-state index in [1.807, 2.05) is 21.0 Å². The van der Waals surface area contributed by atoms with Gasteiger partial charge in [0.25, 0.3) is 0 Å². The number of sulfonamides is 1. The second-order valence-electron chi connectivity index (χ2n) is 5.00. The molecule has 0 unspecified atom stereocenters. The molecule has 0 aliphatic carbocycles. The molecule has 0 atom stereocenters. The highest BCUT2D eigenvalue weighted by atomic mass is 32.2. The number of nitrogens with zero attached hydrogens (tertiary/aromatic N) is 2. The third kappa shape index (κ3) is 4.56. The molecule has 6 heteroatoms. The molecule has 1 aromatic rings. The molecule has 0 aliphatic heterocycles. The van der Waals surface area contributed by atoms with Crippen LogP contribution in [-0.2, 0) is 16.6 Å². The van der Waals surface area contributed by atoms with Gasteiger partial charge < -0.3 is 10.6 Å². The molecule has 0 fully saturated rings. The Bertz CT molecular complexity index is 498. The molecule has 0 radical (unpaired) electrons. The second-order valence-corrected chi connectivity index (χ2v) is 6.94. The summed E-state index contributed by atoms with van der Waals surface area (Å²) in [6.45, 7) is 4.17. The Balaban J connectivity index is 2.82. The quantitative estimate of drug-likeness (QED) is 0.781. The van der Waals surface area contributed by atoms with Crippen molar-refractivity contribution in [3.63, 3.8) is 0 Å². The van der Waals surface area contributed by atoms with Gasteiger partial charge in [0.2, 0.25) is 10.0 Å². The molecule has 0 spiro atoms. The van der Waals surface area contributed by atoms with Gasteiger partial charge in [-0.25, -0.2) is 8.42 Å². The van der Waals surface area contributed by atoms with Crippen molar-refractivity contribution in [2.45, 2.75) is 24.8 Å². The molecular formula is C14H25N3O2S. The fraction of sp³-hybridized carbons (Fsp3) is 0.571. The zero-order valence-electron chi connectivity index (χ0n) is 12.5. The van der Waals surface area contributed by atoms with Gasteiger partial charge in [-0.1, -0.05) is 19.1 Å². The maximum absolute atomic E-state index is 12.5. The highest BCUT2D eigenvalue weighted by Gasteiger charge is 2.22. The molecule has 20 heavy (non-hydrogen) atoms. The van der Waals surface area contributed by atoms with Crippen molar-refractivity contribution >= 4 is 10.0 Å². The molecule has 0 heterocycles. The largest absolute Gasteiger partial charge is 0.326 e. The maximum Gasteiger partial charge on any atom is 0.243 e. The standard InChI is InChI=1S/C14H25N3O2S/c1-4-17(11-5-10-16(2)3)20(18,19)14-8-6-13(12-15)7-9-14/h6-9H,4-5,10-12,15H2,1-3H3. The Kier molecular flexibility index (Phi) is 6.61. The first-order valence-electron chi connectivity index (χ1n) is 6.85. The van der Waals surface area contributed by atoms with E-state index >= 15 is 0 Å². The summed E-state index contributed by atoms with van der Waals surface area (Å²) in [5, 5.41) is 0. The van der Waals surface area contributed by atoms with Gasteiger partial charge in [-0.2, -0.15) is 4.31 Å². The molecule has 0 saturated heterocycles. The minimum Gasteiger partial charge on any atom is -0.326 e. The van der Waals surface area contributed by atoms with Crippen molar-refractivity contribution in [1.29, 1.82) is 0 Å². The lowest BCUT2D eigenvalue weighted by Crippen LogP contribution is -2.33. The van der Waals surface area contributed by atoms with Crippen molar-refractivity contribution in [1.82, 2.24) is 9.21 Å². The van der Waals surface area contributed by atoms with Crippen molar-refractivity contribution < 1.29 is 8.42 Å². The molecule has 0 aliphatic rings. The molecule has 0 bridgehead atoms. The van der Waals surface area contributed by atoms with Gasteiger partial charge >= 0.3 is 0 Å². The smallest absolute Gasteiger partial charge is 0.243 e. The molecule has 0 amide bonds. The van der Waals surface area contributed by atoms with E-state index in [2.05, 4.69) is 4.90 Å². The van der Waals surface area contributed by atoms with Crippen LogP contribution in [0.5, 0.6) is 0 Å². The molecule has 114 valence electrons. The van der Waals surface area contributed by atoms with E-state index in [9.17, 15) is 8.42 Å². The lowest BCUT2D eigenvalue weighted by Gasteiger charge is -2.21. The summed E-state index contributed by atoms with van der Waals surface area (Å²) in [7, 11) is 0.565. The van der Waals surface area contributed by atoms with Crippen LogP contribution in [0, 0.1) is 0 Å². The number of nitrogens with two attached hydrogens (primary N) is 1. The van der Waals surface area contributed by atoms with Crippen LogP contribution in [0.1, 0.15) is 18.9 Å². The molecule has 0 aromatic heterocycles. The summed E-state index contributed by atoms with van der Waals surface area (Å²) in [5.74, 6) is 0. The topological polar surface area (TPSA) is 66.6 Å². The van der Waals surface area contributed by atoms with Crippen LogP contribution in [0.25, 0.3) is 0 Å². The minimum atomic E-state index is -3.40. The predicted octanol–water partition coefficient (Wildman–Crippen LogP) is 1.11. The van der Waals surface area contributed by atoms with Crippen LogP contribution >= 0.6 is 0 Å². The fourth-order valence-corrected chi connectivity index (χ4v) is 3.45. The van der Waals surface area contributed by atoms with Crippen LogP contribution in [0.4, 0.5) is 0 Å². The Hall–Kier alpha value is -0.950. The van der Waals surface area contributed by atoms with E-state index in [0.29, 0.717) is 24.5 Å². The average molecular weight is 299 g/mol. The van der Waals surface area contributed by atoms with Crippen LogP contribution in [0.2, 0.25) is 0 Å². The number of benzene rings is 1. The van der Waals surface area contributed by atoms with Gasteiger partial charge in [0.05, 0.1) is 4.90 Å². The Morgan fingerprint density at radius 3 is 2.15 bits per heavy atom. The fourth-order valence-electron chi connectivity index (χ4n) is 1.96. The van der Waals surface area contributed by atoms with Crippen LogP contribution in [0.3, 0.4) is 0 Å². The summed E-state index contributed by atoms with van der Waals surface area (Å²) < 4.78 is 26.6. The molecular weight excluding hydrogens is 274 g/mol. The zero-order valence-corrected chi connectivity index (χ0v) is 13.4. The summed E-state index contributed by atoms with van der Waals surface area (Å²) in [6.07, 6.45) is 0.820. The third-order valence-electron chi connectivity index (χ3n) is 3.16. The number of hydrogen-bond donors (Lipinski definition) is 1. The second kappa shape index (κ2) is 7.73. The van der Waals surface area contributed by atoms with Crippen molar-refractivity contribution in [3.8, 4) is 0 Å². The Labute approximate surface area is 122 Å². The van der Waals surface area contributed by atoms with Crippen LogP contribution in [0.15, 0.2) is 29.2 Å². The normalized spacial score (nSPS) is 12.3. The lowest BCUT2D eigenvalue weighted by atomic mass is 10.2. The monoisotopic (exact) mass is 299 g/mol. The van der Waals surface area contributed by atoms with Crippen LogP contribution in [-0.4, -0.2) is 51.4 Å². The summed E-state index contributed by atoms with van der Waals surface area (Å²) in [4.78, 5) is 2.39. The average Bonchev–Trinajstić information content (AvgIpc) is 2.43. The maximum atomic E-state index is 12.5. The molecule has 1 aromatic carbocycles. The van der Waals surface area contributed by atoms with Gasteiger partial charge in [-0.05, 0) is 44.8 Å². The van der Waals surface area contributed by atoms with Gasteiger partial charge in [0, 0.05) is 19.6 Å². The highest BCUT2D eigenvalue weighted by Crippen LogP contribution is 2.16. The zero-order chi connectivity index (χ0) is 15.2. The van der Waals surface area contributed by atoms with E-state index in [1.165, 1.54) is 4.31 Å².